The van der Waals surface area contributed by atoms with Crippen LogP contribution in [0.1, 0.15) is 26.2 Å². The Morgan fingerprint density at radius 1 is 1.38 bits per heavy atom. The van der Waals surface area contributed by atoms with Crippen LogP contribution in [0.4, 0.5) is 0 Å². The number of aliphatic imine (C=N–C) groups is 1. The van der Waals surface area contributed by atoms with E-state index in [-0.39, 0.29) is 29.4 Å². The Bertz CT molecular complexity index is 528. The minimum absolute atomic E-state index is 0.121. The van der Waals surface area contributed by atoms with Crippen LogP contribution in [0.25, 0.3) is 0 Å². The molecule has 0 radical (unpaired) electrons. The van der Waals surface area contributed by atoms with Crippen LogP contribution in [0, 0.1) is 0 Å². The molecule has 3 amide bonds. The van der Waals surface area contributed by atoms with E-state index in [9.17, 15) is 14.4 Å². The van der Waals surface area contributed by atoms with E-state index >= 15 is 0 Å². The Morgan fingerprint density at radius 3 is 2.69 bits per heavy atom. The van der Waals surface area contributed by atoms with Crippen LogP contribution < -0.4 is 21.7 Å². The van der Waals surface area contributed by atoms with Gasteiger partial charge in [0.05, 0.1) is 11.3 Å². The molecule has 0 aliphatic carbocycles. The zero-order chi connectivity index (χ0) is 19.5. The van der Waals surface area contributed by atoms with Crippen molar-refractivity contribution in [2.24, 2.45) is 10.7 Å². The summed E-state index contributed by atoms with van der Waals surface area (Å²) in [4.78, 5) is 40.9. The Labute approximate surface area is 158 Å². The highest BCUT2D eigenvalue weighted by Crippen LogP contribution is 2.24. The topological polar surface area (TPSA) is 129 Å². The minimum Gasteiger partial charge on any atom is -0.359 e. The second-order valence-corrected chi connectivity index (χ2v) is 7.14. The molecule has 9 nitrogen and oxygen atoms in total. The Balaban J connectivity index is 2.16. The Morgan fingerprint density at radius 2 is 2.12 bits per heavy atom. The number of nitrogens with one attached hydrogen (secondary N) is 3. The number of rotatable bonds is 10. The smallest absolute Gasteiger partial charge is 0.242 e. The van der Waals surface area contributed by atoms with Crippen molar-refractivity contribution in [3.8, 4) is 0 Å². The summed E-state index contributed by atoms with van der Waals surface area (Å²) < 4.78 is 0. The van der Waals surface area contributed by atoms with Crippen molar-refractivity contribution in [1.82, 2.24) is 20.9 Å². The van der Waals surface area contributed by atoms with Crippen LogP contribution in [-0.2, 0) is 14.4 Å². The molecule has 0 saturated carbocycles. The molecule has 26 heavy (non-hydrogen) atoms. The van der Waals surface area contributed by atoms with E-state index in [1.165, 1.54) is 16.7 Å². The molecule has 0 aromatic heterocycles. The number of carbonyl (C=O) groups excluding carboxylic acids is 3. The summed E-state index contributed by atoms with van der Waals surface area (Å²) in [6, 6.07) is -0.566. The third-order valence-electron chi connectivity index (χ3n) is 4.02. The fourth-order valence-electron chi connectivity index (χ4n) is 2.56. The quantitative estimate of drug-likeness (QED) is 0.162. The van der Waals surface area contributed by atoms with Crippen molar-refractivity contribution in [3.63, 3.8) is 0 Å². The first-order valence-corrected chi connectivity index (χ1v) is 9.86. The number of likely N-dealkylation sites (tertiary alicyclic amines) is 1. The molecular formula is C16H30N6O3S. The number of hydrogen-bond donors (Lipinski definition) is 4. The van der Waals surface area contributed by atoms with Gasteiger partial charge in [0, 0.05) is 45.9 Å². The third kappa shape index (κ3) is 6.83. The van der Waals surface area contributed by atoms with E-state index in [1.807, 2.05) is 0 Å². The molecule has 1 rings (SSSR count). The molecule has 1 aliphatic rings. The van der Waals surface area contributed by atoms with Gasteiger partial charge in [-0.05, 0) is 19.8 Å². The standard InChI is InChI=1S/C16H30N6O3S/c1-4-22-13(23)10-12(15(22)25)26-9-8-20-14(24)11(17)6-5-7-21-16(18-2)19-3/h11-12H,4-10,17H2,1-3H3,(H,20,24)(H2,18,19,21). The summed E-state index contributed by atoms with van der Waals surface area (Å²) in [7, 11) is 3.46. The van der Waals surface area contributed by atoms with Gasteiger partial charge in [0.15, 0.2) is 5.96 Å². The van der Waals surface area contributed by atoms with Crippen molar-refractivity contribution in [3.05, 3.63) is 0 Å². The van der Waals surface area contributed by atoms with Crippen molar-refractivity contribution >= 4 is 35.4 Å². The molecule has 2 atom stereocenters. The first-order chi connectivity index (χ1) is 12.4. The van der Waals surface area contributed by atoms with Crippen LogP contribution in [0.5, 0.6) is 0 Å². The van der Waals surface area contributed by atoms with Gasteiger partial charge in [0.25, 0.3) is 0 Å². The predicted octanol–water partition coefficient (Wildman–Crippen LogP) is -1.11. The van der Waals surface area contributed by atoms with Gasteiger partial charge >= 0.3 is 0 Å². The highest BCUT2D eigenvalue weighted by molar-refractivity contribution is 8.00. The van der Waals surface area contributed by atoms with Gasteiger partial charge in [0.1, 0.15) is 0 Å². The minimum atomic E-state index is -0.566. The lowest BCUT2D eigenvalue weighted by Gasteiger charge is -2.14. The van der Waals surface area contributed by atoms with Gasteiger partial charge in [-0.15, -0.1) is 11.8 Å². The van der Waals surface area contributed by atoms with E-state index in [1.54, 1.807) is 21.0 Å². The van der Waals surface area contributed by atoms with Crippen LogP contribution in [-0.4, -0.2) is 79.4 Å². The SMILES string of the molecule is CCN1C(=O)CC(SCCNC(=O)C(N)CCCNC(=NC)NC)C1=O. The average molecular weight is 387 g/mol. The van der Waals surface area contributed by atoms with Crippen LogP contribution >= 0.6 is 11.8 Å². The summed E-state index contributed by atoms with van der Waals surface area (Å²) in [5.41, 5.74) is 5.88. The zero-order valence-electron chi connectivity index (χ0n) is 15.7. The summed E-state index contributed by atoms with van der Waals surface area (Å²) in [5, 5.41) is 8.45. The first kappa shape index (κ1) is 22.2. The van der Waals surface area contributed by atoms with E-state index in [2.05, 4.69) is 20.9 Å². The molecule has 10 heteroatoms. The molecule has 1 heterocycles. The summed E-state index contributed by atoms with van der Waals surface area (Å²) in [6.07, 6.45) is 1.55. The van der Waals surface area contributed by atoms with Gasteiger partial charge < -0.3 is 21.7 Å². The Hall–Kier alpha value is -1.81. The fraction of sp³-hybridized carbons (Fsp3) is 0.750. The number of hydrogen-bond acceptors (Lipinski definition) is 6. The molecule has 0 aromatic carbocycles. The maximum Gasteiger partial charge on any atom is 0.242 e. The van der Waals surface area contributed by atoms with E-state index < -0.39 is 6.04 Å². The van der Waals surface area contributed by atoms with Gasteiger partial charge in [-0.1, -0.05) is 0 Å². The number of nitrogens with zero attached hydrogens (tertiary/aromatic N) is 2. The second-order valence-electron chi connectivity index (χ2n) is 5.83. The normalized spacial score (nSPS) is 18.8. The van der Waals surface area contributed by atoms with Crippen LogP contribution in [0.3, 0.4) is 0 Å². The monoisotopic (exact) mass is 386 g/mol. The van der Waals surface area contributed by atoms with E-state index in [0.29, 0.717) is 37.8 Å². The number of amides is 3. The number of thioether (sulfide) groups is 1. The number of nitrogens with two attached hydrogens (primary N) is 1. The van der Waals surface area contributed by atoms with Gasteiger partial charge in [-0.3, -0.25) is 24.3 Å². The number of imide groups is 1. The molecule has 0 bridgehead atoms. The van der Waals surface area contributed by atoms with Gasteiger partial charge in [-0.2, -0.15) is 0 Å². The largest absolute Gasteiger partial charge is 0.359 e. The lowest BCUT2D eigenvalue weighted by molar-refractivity contribution is -0.137. The van der Waals surface area contributed by atoms with Crippen molar-refractivity contribution < 1.29 is 14.4 Å². The van der Waals surface area contributed by atoms with Crippen molar-refractivity contribution in [2.75, 3.05) is 39.5 Å². The molecule has 1 saturated heterocycles. The van der Waals surface area contributed by atoms with Crippen molar-refractivity contribution in [2.45, 2.75) is 37.5 Å². The highest BCUT2D eigenvalue weighted by atomic mass is 32.2. The van der Waals surface area contributed by atoms with Crippen LogP contribution in [0.15, 0.2) is 4.99 Å². The van der Waals surface area contributed by atoms with Gasteiger partial charge in [0.2, 0.25) is 17.7 Å². The summed E-state index contributed by atoms with van der Waals surface area (Å²) in [5.74, 6) is 0.813. The molecular weight excluding hydrogens is 356 g/mol. The molecule has 0 spiro atoms. The van der Waals surface area contributed by atoms with Gasteiger partial charge in [-0.25, -0.2) is 0 Å². The lowest BCUT2D eigenvalue weighted by Crippen LogP contribution is -2.42. The number of guanidine groups is 1. The van der Waals surface area contributed by atoms with E-state index in [4.69, 9.17) is 5.73 Å². The third-order valence-corrected chi connectivity index (χ3v) is 5.23. The fourth-order valence-corrected chi connectivity index (χ4v) is 3.60. The lowest BCUT2D eigenvalue weighted by atomic mass is 10.1. The maximum atomic E-state index is 12.0. The molecule has 5 N–H and O–H groups in total. The molecule has 1 fully saturated rings. The number of carbonyl (C=O) groups is 3. The first-order valence-electron chi connectivity index (χ1n) is 8.82. The van der Waals surface area contributed by atoms with Crippen LogP contribution in [0.2, 0.25) is 0 Å². The zero-order valence-corrected chi connectivity index (χ0v) is 16.5. The van der Waals surface area contributed by atoms with E-state index in [0.717, 1.165) is 6.42 Å². The average Bonchev–Trinajstić information content (AvgIpc) is 2.91. The molecule has 0 aromatic rings. The van der Waals surface area contributed by atoms with Crippen molar-refractivity contribution in [1.29, 1.82) is 0 Å². The maximum absolute atomic E-state index is 12.0. The Kier molecular flexibility index (Phi) is 10.0. The summed E-state index contributed by atoms with van der Waals surface area (Å²) >= 11 is 1.40. The molecule has 1 aliphatic heterocycles. The second kappa shape index (κ2) is 11.7. The highest BCUT2D eigenvalue weighted by Gasteiger charge is 2.37. The molecule has 148 valence electrons. The molecule has 2 unspecified atom stereocenters. The summed E-state index contributed by atoms with van der Waals surface area (Å²) in [6.45, 7) is 3.30. The predicted molar refractivity (Wildman–Crippen MR) is 104 cm³/mol.